The first kappa shape index (κ1) is 21.7. The predicted octanol–water partition coefficient (Wildman–Crippen LogP) is 2.71. The topological polar surface area (TPSA) is 88.6 Å². The monoisotopic (exact) mass is 459 g/mol. The van der Waals surface area contributed by atoms with E-state index >= 15 is 0 Å². The molecule has 1 aliphatic rings. The fraction of sp³-hybridized carbons (Fsp3) is 0.364. The summed E-state index contributed by atoms with van der Waals surface area (Å²) in [6.45, 7) is 0.494. The third-order valence-electron chi connectivity index (χ3n) is 5.04. The molecule has 1 amide bonds. The van der Waals surface area contributed by atoms with Crippen molar-refractivity contribution in [3.63, 3.8) is 0 Å². The van der Waals surface area contributed by atoms with Crippen molar-refractivity contribution in [2.45, 2.75) is 19.0 Å². The third-order valence-corrected chi connectivity index (χ3v) is 7.90. The van der Waals surface area contributed by atoms with Gasteiger partial charge in [0, 0.05) is 23.7 Å². The van der Waals surface area contributed by atoms with Crippen molar-refractivity contribution in [1.82, 2.24) is 15.2 Å². The molecule has 1 saturated heterocycles. The van der Waals surface area contributed by atoms with E-state index in [1.54, 1.807) is 11.3 Å². The maximum atomic E-state index is 12.3. The second kappa shape index (κ2) is 8.94. The number of ether oxygens (including phenoxy) is 1. The first-order chi connectivity index (χ1) is 14.8. The lowest BCUT2D eigenvalue weighted by molar-refractivity contribution is -0.123. The van der Waals surface area contributed by atoms with Gasteiger partial charge < -0.3 is 15.0 Å². The van der Waals surface area contributed by atoms with Gasteiger partial charge in [-0.25, -0.2) is 13.4 Å². The molecule has 0 spiro atoms. The smallest absolute Gasteiger partial charge is 0.258 e. The number of nitrogens with one attached hydrogen (secondary N) is 1. The Morgan fingerprint density at radius 3 is 2.77 bits per heavy atom. The van der Waals surface area contributed by atoms with Crippen LogP contribution in [0.1, 0.15) is 12.0 Å². The Kier molecular flexibility index (Phi) is 6.27. The van der Waals surface area contributed by atoms with Crippen LogP contribution in [0.5, 0.6) is 5.75 Å². The van der Waals surface area contributed by atoms with Gasteiger partial charge in [0.25, 0.3) is 5.91 Å². The number of carbonyl (C=O) groups excluding carboxylic acids is 1. The summed E-state index contributed by atoms with van der Waals surface area (Å²) in [5, 5.41) is 3.69. The van der Waals surface area contributed by atoms with E-state index in [2.05, 4.69) is 17.4 Å². The molecule has 1 fully saturated rings. The maximum Gasteiger partial charge on any atom is 0.258 e. The fourth-order valence-corrected chi connectivity index (χ4v) is 6.27. The van der Waals surface area contributed by atoms with E-state index in [-0.39, 0.29) is 30.1 Å². The number of nitrogens with zero attached hydrogens (tertiary/aromatic N) is 2. The molecule has 4 rings (SSSR count). The second-order valence-corrected chi connectivity index (χ2v) is 11.3. The van der Waals surface area contributed by atoms with Gasteiger partial charge in [-0.3, -0.25) is 4.79 Å². The Morgan fingerprint density at radius 1 is 1.26 bits per heavy atom. The summed E-state index contributed by atoms with van der Waals surface area (Å²) in [5.74, 6) is 0.446. The van der Waals surface area contributed by atoms with Gasteiger partial charge in [-0.2, -0.15) is 0 Å². The molecule has 0 radical (unpaired) electrons. The van der Waals surface area contributed by atoms with Gasteiger partial charge in [-0.15, -0.1) is 11.3 Å². The Hall–Kier alpha value is -2.49. The Labute approximate surface area is 186 Å². The molecule has 1 aliphatic heterocycles. The first-order valence-corrected chi connectivity index (χ1v) is 12.7. The van der Waals surface area contributed by atoms with Gasteiger partial charge in [0.2, 0.25) is 0 Å². The summed E-state index contributed by atoms with van der Waals surface area (Å²) in [7, 11) is 0.912. The van der Waals surface area contributed by atoms with Crippen LogP contribution >= 0.6 is 11.3 Å². The van der Waals surface area contributed by atoms with E-state index in [1.807, 2.05) is 49.3 Å². The van der Waals surface area contributed by atoms with Crippen LogP contribution in [0.3, 0.4) is 0 Å². The van der Waals surface area contributed by atoms with Gasteiger partial charge in [0.05, 0.1) is 21.7 Å². The lowest BCUT2D eigenvalue weighted by Gasteiger charge is -2.17. The van der Waals surface area contributed by atoms with Crippen LogP contribution in [0.2, 0.25) is 0 Å². The Morgan fingerprint density at radius 2 is 2.06 bits per heavy atom. The normalized spacial score (nSPS) is 17.8. The zero-order valence-corrected chi connectivity index (χ0v) is 19.1. The van der Waals surface area contributed by atoms with Gasteiger partial charge >= 0.3 is 0 Å². The SMILES string of the molecule is CN(C)Cc1cc(-c2nc3ccccc3s2)ccc1OCC(=O)N[C@H]1CCS(=O)(=O)C1. The third kappa shape index (κ3) is 5.41. The molecule has 0 bridgehead atoms. The number of thiazole rings is 1. The summed E-state index contributed by atoms with van der Waals surface area (Å²) in [6, 6.07) is 13.6. The van der Waals surface area contributed by atoms with Crippen LogP contribution in [-0.2, 0) is 21.2 Å². The van der Waals surface area contributed by atoms with E-state index in [4.69, 9.17) is 9.72 Å². The number of amides is 1. The molecule has 1 aromatic heterocycles. The standard InChI is InChI=1S/C22H25N3O4S2/c1-25(2)12-16-11-15(22-24-18-5-3-4-6-20(18)30-22)7-8-19(16)29-13-21(26)23-17-9-10-31(27,28)14-17/h3-8,11,17H,9-10,12-14H2,1-2H3,(H,23,26)/t17-/m0/s1. The number of hydrogen-bond acceptors (Lipinski definition) is 7. The zero-order chi connectivity index (χ0) is 22.0. The summed E-state index contributed by atoms with van der Waals surface area (Å²) in [6.07, 6.45) is 0.455. The van der Waals surface area contributed by atoms with Gasteiger partial charge in [0.15, 0.2) is 16.4 Å². The van der Waals surface area contributed by atoms with E-state index in [9.17, 15) is 13.2 Å². The number of benzene rings is 2. The fourth-order valence-electron chi connectivity index (χ4n) is 3.63. The van der Waals surface area contributed by atoms with Crippen molar-refractivity contribution in [2.24, 2.45) is 0 Å². The van der Waals surface area contributed by atoms with Crippen LogP contribution in [-0.4, -0.2) is 62.5 Å². The molecule has 7 nitrogen and oxygen atoms in total. The number of hydrogen-bond donors (Lipinski definition) is 1. The number of para-hydroxylation sites is 1. The number of aromatic nitrogens is 1. The minimum atomic E-state index is -3.04. The van der Waals surface area contributed by atoms with Crippen molar-refractivity contribution in [2.75, 3.05) is 32.2 Å². The lowest BCUT2D eigenvalue weighted by Crippen LogP contribution is -2.38. The van der Waals surface area contributed by atoms with Crippen molar-refractivity contribution in [1.29, 1.82) is 0 Å². The minimum Gasteiger partial charge on any atom is -0.483 e. The molecule has 0 saturated carbocycles. The Balaban J connectivity index is 1.48. The van der Waals surface area contributed by atoms with E-state index in [0.29, 0.717) is 18.7 Å². The zero-order valence-electron chi connectivity index (χ0n) is 17.5. The Bertz CT molecular complexity index is 1170. The summed E-state index contributed by atoms with van der Waals surface area (Å²) >= 11 is 1.64. The van der Waals surface area contributed by atoms with Crippen LogP contribution in [0.15, 0.2) is 42.5 Å². The molecular formula is C22H25N3O4S2. The highest BCUT2D eigenvalue weighted by atomic mass is 32.2. The number of rotatable bonds is 7. The minimum absolute atomic E-state index is 0.00147. The average Bonchev–Trinajstić information content (AvgIpc) is 3.29. The highest BCUT2D eigenvalue weighted by Crippen LogP contribution is 2.33. The summed E-state index contributed by atoms with van der Waals surface area (Å²) in [5.41, 5.74) is 2.94. The van der Waals surface area contributed by atoms with Gasteiger partial charge in [-0.1, -0.05) is 12.1 Å². The van der Waals surface area contributed by atoms with Crippen LogP contribution in [0.25, 0.3) is 20.8 Å². The molecule has 2 aromatic carbocycles. The number of fused-ring (bicyclic) bond motifs is 1. The second-order valence-electron chi connectivity index (χ2n) is 8.00. The molecule has 3 aromatic rings. The predicted molar refractivity (Wildman–Crippen MR) is 123 cm³/mol. The molecule has 2 heterocycles. The van der Waals surface area contributed by atoms with Crippen LogP contribution in [0.4, 0.5) is 0 Å². The molecule has 31 heavy (non-hydrogen) atoms. The van der Waals surface area contributed by atoms with E-state index in [0.717, 1.165) is 26.4 Å². The molecule has 0 unspecified atom stereocenters. The summed E-state index contributed by atoms with van der Waals surface area (Å²) in [4.78, 5) is 19.0. The molecule has 0 aliphatic carbocycles. The molecule has 9 heteroatoms. The first-order valence-electron chi connectivity index (χ1n) is 10.1. The molecule has 1 N–H and O–H groups in total. The largest absolute Gasteiger partial charge is 0.483 e. The quantitative estimate of drug-likeness (QED) is 0.585. The van der Waals surface area contributed by atoms with Crippen molar-refractivity contribution < 1.29 is 17.9 Å². The molecular weight excluding hydrogens is 434 g/mol. The summed E-state index contributed by atoms with van der Waals surface area (Å²) < 4.78 is 30.1. The average molecular weight is 460 g/mol. The van der Waals surface area contributed by atoms with Crippen molar-refractivity contribution >= 4 is 37.3 Å². The van der Waals surface area contributed by atoms with Gasteiger partial charge in [-0.05, 0) is 50.8 Å². The highest BCUT2D eigenvalue weighted by Gasteiger charge is 2.29. The lowest BCUT2D eigenvalue weighted by atomic mass is 10.1. The highest BCUT2D eigenvalue weighted by molar-refractivity contribution is 7.91. The molecule has 1 atom stereocenters. The molecule has 164 valence electrons. The van der Waals surface area contributed by atoms with Crippen LogP contribution in [0, 0.1) is 0 Å². The number of carbonyl (C=O) groups is 1. The van der Waals surface area contributed by atoms with E-state index in [1.165, 1.54) is 0 Å². The van der Waals surface area contributed by atoms with Gasteiger partial charge in [0.1, 0.15) is 10.8 Å². The van der Waals surface area contributed by atoms with Crippen molar-refractivity contribution in [3.8, 4) is 16.3 Å². The number of sulfone groups is 1. The van der Waals surface area contributed by atoms with Crippen LogP contribution < -0.4 is 10.1 Å². The van der Waals surface area contributed by atoms with E-state index < -0.39 is 9.84 Å². The van der Waals surface area contributed by atoms with Crippen molar-refractivity contribution in [3.05, 3.63) is 48.0 Å². The maximum absolute atomic E-state index is 12.3.